The number of hydrogen-bond acceptors (Lipinski definition) is 4. The van der Waals surface area contributed by atoms with Crippen molar-refractivity contribution in [3.63, 3.8) is 0 Å². The number of halogens is 6. The second kappa shape index (κ2) is 9.66. The molecule has 2 heterocycles. The van der Waals surface area contributed by atoms with E-state index >= 15 is 0 Å². The summed E-state index contributed by atoms with van der Waals surface area (Å²) in [5, 5.41) is 9.55. The third-order valence-electron chi connectivity index (χ3n) is 7.74. The van der Waals surface area contributed by atoms with Gasteiger partial charge in [0.25, 0.3) is 0 Å². The van der Waals surface area contributed by atoms with E-state index < -0.39 is 40.9 Å². The van der Waals surface area contributed by atoms with E-state index in [4.69, 9.17) is 9.47 Å². The Kier molecular flexibility index (Phi) is 6.77. The van der Waals surface area contributed by atoms with Crippen molar-refractivity contribution in [3.05, 3.63) is 58.7 Å². The first kappa shape index (κ1) is 26.6. The monoisotopic (exact) mass is 543 g/mol. The number of hydrogen-bond donors (Lipinski definition) is 1. The number of likely N-dealkylation sites (tertiary alicyclic amines) is 1. The lowest BCUT2D eigenvalue weighted by Gasteiger charge is -2.44. The number of carboxylic acids is 1. The SMILES string of the molecule is CC(C(=O)O)C(c1ccc2c(c1)OC(C1CN(Cc3cc(C(F)(F)F)ccc3C(F)(F)F)C1)CO2)C1CC1. The molecule has 0 radical (unpaired) electrons. The zero-order valence-electron chi connectivity index (χ0n) is 20.5. The molecule has 5 rings (SSSR count). The Labute approximate surface area is 215 Å². The largest absolute Gasteiger partial charge is 0.486 e. The van der Waals surface area contributed by atoms with Gasteiger partial charge in [0.05, 0.1) is 17.0 Å². The lowest BCUT2D eigenvalue weighted by Crippen LogP contribution is -2.55. The first-order chi connectivity index (χ1) is 17.8. The summed E-state index contributed by atoms with van der Waals surface area (Å²) in [5.41, 5.74) is -1.74. The van der Waals surface area contributed by atoms with Crippen LogP contribution >= 0.6 is 0 Å². The molecule has 3 aliphatic rings. The summed E-state index contributed by atoms with van der Waals surface area (Å²) >= 11 is 0. The molecule has 1 N–H and O–H groups in total. The van der Waals surface area contributed by atoms with Gasteiger partial charge in [0.15, 0.2) is 11.5 Å². The fourth-order valence-electron chi connectivity index (χ4n) is 5.52. The van der Waals surface area contributed by atoms with E-state index in [9.17, 15) is 36.2 Å². The van der Waals surface area contributed by atoms with Crippen molar-refractivity contribution in [1.29, 1.82) is 0 Å². The summed E-state index contributed by atoms with van der Waals surface area (Å²) in [5.74, 6) is -0.301. The van der Waals surface area contributed by atoms with Crippen molar-refractivity contribution < 1.29 is 45.7 Å². The fourth-order valence-corrected chi connectivity index (χ4v) is 5.52. The molecule has 1 saturated carbocycles. The highest BCUT2D eigenvalue weighted by Crippen LogP contribution is 2.49. The van der Waals surface area contributed by atoms with E-state index in [1.54, 1.807) is 17.9 Å². The van der Waals surface area contributed by atoms with Crippen LogP contribution in [0.15, 0.2) is 36.4 Å². The lowest BCUT2D eigenvalue weighted by molar-refractivity contribution is -0.142. The zero-order chi connectivity index (χ0) is 27.4. The van der Waals surface area contributed by atoms with E-state index in [1.807, 2.05) is 12.1 Å². The fraction of sp³-hybridized carbons (Fsp3) is 0.519. The van der Waals surface area contributed by atoms with Gasteiger partial charge in [-0.1, -0.05) is 13.0 Å². The molecule has 1 aliphatic carbocycles. The first-order valence-electron chi connectivity index (χ1n) is 12.5. The summed E-state index contributed by atoms with van der Waals surface area (Å²) in [7, 11) is 0. The third-order valence-corrected chi connectivity index (χ3v) is 7.74. The number of fused-ring (bicyclic) bond motifs is 1. The molecule has 2 fully saturated rings. The number of aliphatic carboxylic acids is 1. The lowest BCUT2D eigenvalue weighted by atomic mass is 9.83. The van der Waals surface area contributed by atoms with Gasteiger partial charge in [-0.3, -0.25) is 9.69 Å². The van der Waals surface area contributed by atoms with Crippen LogP contribution in [0.3, 0.4) is 0 Å². The molecule has 38 heavy (non-hydrogen) atoms. The van der Waals surface area contributed by atoms with Crippen molar-refractivity contribution in [2.75, 3.05) is 19.7 Å². The second-order valence-electron chi connectivity index (χ2n) is 10.5. The van der Waals surface area contributed by atoms with Gasteiger partial charge in [-0.2, -0.15) is 26.3 Å². The van der Waals surface area contributed by atoms with E-state index in [2.05, 4.69) is 0 Å². The first-order valence-corrected chi connectivity index (χ1v) is 12.5. The number of benzene rings is 2. The molecule has 0 aromatic heterocycles. The highest BCUT2D eigenvalue weighted by molar-refractivity contribution is 5.71. The number of alkyl halides is 6. The standard InChI is InChI=1S/C27H27F6NO4/c1-14(25(35)36)24(15-2-3-15)16-4-7-21-22(9-16)38-23(13-37-21)18-11-34(12-18)10-17-8-19(26(28,29)30)5-6-20(17)27(31,32)33/h4-9,14-15,18,23-24H,2-3,10-13H2,1H3,(H,35,36). The van der Waals surface area contributed by atoms with Gasteiger partial charge in [-0.15, -0.1) is 0 Å². The van der Waals surface area contributed by atoms with Crippen molar-refractivity contribution in [2.24, 2.45) is 17.8 Å². The Morgan fingerprint density at radius 2 is 1.74 bits per heavy atom. The molecule has 1 saturated heterocycles. The predicted molar refractivity (Wildman–Crippen MR) is 124 cm³/mol. The average Bonchev–Trinajstić information content (AvgIpc) is 3.64. The van der Waals surface area contributed by atoms with Crippen molar-refractivity contribution >= 4 is 5.97 Å². The maximum absolute atomic E-state index is 13.4. The molecule has 3 atom stereocenters. The Morgan fingerprint density at radius 1 is 1.03 bits per heavy atom. The van der Waals surface area contributed by atoms with Crippen molar-refractivity contribution in [2.45, 2.75) is 50.7 Å². The highest BCUT2D eigenvalue weighted by atomic mass is 19.4. The Morgan fingerprint density at radius 3 is 2.34 bits per heavy atom. The molecule has 2 aromatic rings. The van der Waals surface area contributed by atoms with Crippen LogP contribution in [-0.4, -0.2) is 41.8 Å². The Hall–Kier alpha value is -2.95. The normalized spacial score (nSPS) is 22.0. The maximum atomic E-state index is 13.4. The summed E-state index contributed by atoms with van der Waals surface area (Å²) in [6.07, 6.45) is -7.94. The topological polar surface area (TPSA) is 59.0 Å². The van der Waals surface area contributed by atoms with Gasteiger partial charge >= 0.3 is 18.3 Å². The van der Waals surface area contributed by atoms with E-state index in [0.29, 0.717) is 48.7 Å². The number of ether oxygens (including phenoxy) is 2. The summed E-state index contributed by atoms with van der Waals surface area (Å²) < 4.78 is 91.6. The van der Waals surface area contributed by atoms with Crippen LogP contribution in [0.25, 0.3) is 0 Å². The highest BCUT2D eigenvalue weighted by Gasteiger charge is 2.42. The molecule has 0 amide bonds. The predicted octanol–water partition coefficient (Wildman–Crippen LogP) is 6.21. The van der Waals surface area contributed by atoms with Crippen LogP contribution in [0.2, 0.25) is 0 Å². The second-order valence-corrected chi connectivity index (χ2v) is 10.5. The van der Waals surface area contributed by atoms with E-state index in [-0.39, 0.29) is 31.1 Å². The maximum Gasteiger partial charge on any atom is 0.416 e. The van der Waals surface area contributed by atoms with E-state index in [1.165, 1.54) is 0 Å². The van der Waals surface area contributed by atoms with Crippen LogP contribution in [0, 0.1) is 17.8 Å². The molecule has 2 aromatic carbocycles. The number of nitrogens with zero attached hydrogens (tertiary/aromatic N) is 1. The van der Waals surface area contributed by atoms with Crippen LogP contribution in [-0.2, 0) is 23.7 Å². The molecule has 0 spiro atoms. The average molecular weight is 544 g/mol. The van der Waals surface area contributed by atoms with Gasteiger partial charge < -0.3 is 14.6 Å². The number of carbonyl (C=O) groups is 1. The van der Waals surface area contributed by atoms with Crippen LogP contribution in [0.4, 0.5) is 26.3 Å². The van der Waals surface area contributed by atoms with Crippen LogP contribution < -0.4 is 9.47 Å². The van der Waals surface area contributed by atoms with Crippen LogP contribution in [0.1, 0.15) is 47.9 Å². The smallest absolute Gasteiger partial charge is 0.416 e. The minimum absolute atomic E-state index is 0.0795. The van der Waals surface area contributed by atoms with Gasteiger partial charge in [-0.05, 0) is 66.1 Å². The Bertz CT molecular complexity index is 1200. The molecular formula is C27H27F6NO4. The molecular weight excluding hydrogens is 516 g/mol. The molecule has 206 valence electrons. The minimum atomic E-state index is -4.76. The molecule has 3 unspecified atom stereocenters. The molecule has 5 nitrogen and oxygen atoms in total. The van der Waals surface area contributed by atoms with E-state index in [0.717, 1.165) is 18.4 Å². The third kappa shape index (κ3) is 5.43. The van der Waals surface area contributed by atoms with Gasteiger partial charge in [0.2, 0.25) is 0 Å². The summed E-state index contributed by atoms with van der Waals surface area (Å²) in [4.78, 5) is 13.3. The van der Waals surface area contributed by atoms with Gasteiger partial charge in [-0.25, -0.2) is 0 Å². The molecule has 11 heteroatoms. The molecule has 2 aliphatic heterocycles. The van der Waals surface area contributed by atoms with Crippen molar-refractivity contribution in [3.8, 4) is 11.5 Å². The van der Waals surface area contributed by atoms with Crippen molar-refractivity contribution in [1.82, 2.24) is 4.90 Å². The van der Waals surface area contributed by atoms with Crippen LogP contribution in [0.5, 0.6) is 11.5 Å². The van der Waals surface area contributed by atoms with Gasteiger partial charge in [0.1, 0.15) is 12.7 Å². The number of carboxylic acid groups (broad SMARTS) is 1. The number of rotatable bonds is 7. The quantitative estimate of drug-likeness (QED) is 0.421. The summed E-state index contributed by atoms with van der Waals surface area (Å²) in [6.45, 7) is 2.36. The summed E-state index contributed by atoms with van der Waals surface area (Å²) in [6, 6.07) is 6.96. The molecule has 0 bridgehead atoms. The van der Waals surface area contributed by atoms with Gasteiger partial charge in [0, 0.05) is 25.6 Å². The minimum Gasteiger partial charge on any atom is -0.486 e. The Balaban J connectivity index is 1.26. The zero-order valence-corrected chi connectivity index (χ0v) is 20.5.